The van der Waals surface area contributed by atoms with Crippen molar-refractivity contribution in [1.29, 1.82) is 0 Å². The predicted octanol–water partition coefficient (Wildman–Crippen LogP) is 8.00. The van der Waals surface area contributed by atoms with Crippen molar-refractivity contribution in [3.8, 4) is 0 Å². The molecule has 2 aromatic carbocycles. The van der Waals surface area contributed by atoms with Crippen molar-refractivity contribution < 1.29 is 47.7 Å². The van der Waals surface area contributed by atoms with Crippen molar-refractivity contribution >= 4 is 29.7 Å². The standard InChI is InChI=1S/C47H54O10/c1-26-20-35(55-39(50)30-16-12-10-13-17-30)45(8)36(56-40(51)31-18-14-11-15-19-31)24-42(5)25-46(45,57-41(42)52)47(26)27(2)22-44(7)34-21-32(49)37(53-9)28(3)43(34,6)23-33(38(44)47)54-29(4)48/h10-20,27,33-36,38H,21-25H2,1-9H3/t27-,33+,34+,35+,36-,38-,42+,43+,44-,45-,46-,47-/m0/s1. The molecule has 6 aliphatic rings. The Morgan fingerprint density at radius 1 is 0.807 bits per heavy atom. The van der Waals surface area contributed by atoms with Gasteiger partial charge in [-0.15, -0.1) is 0 Å². The summed E-state index contributed by atoms with van der Waals surface area (Å²) in [5.41, 5.74) is -3.60. The number of ketones is 1. The van der Waals surface area contributed by atoms with Crippen molar-refractivity contribution in [3.63, 3.8) is 0 Å². The molecule has 2 bridgehead atoms. The lowest BCUT2D eigenvalue weighted by atomic mass is 9.37. The molecule has 1 heterocycles. The molecule has 0 N–H and O–H groups in total. The molecular formula is C47H54O10. The Kier molecular flexibility index (Phi) is 8.84. The number of hydrogen-bond donors (Lipinski definition) is 0. The molecule has 5 aliphatic carbocycles. The van der Waals surface area contributed by atoms with E-state index in [0.717, 1.165) is 11.1 Å². The zero-order valence-electron chi connectivity index (χ0n) is 34.4. The highest BCUT2D eigenvalue weighted by Crippen LogP contribution is 2.82. The van der Waals surface area contributed by atoms with Crippen molar-refractivity contribution in [2.75, 3.05) is 7.11 Å². The number of benzene rings is 2. The number of hydrogen-bond acceptors (Lipinski definition) is 10. The highest BCUT2D eigenvalue weighted by atomic mass is 16.6. The minimum absolute atomic E-state index is 0.0609. The molecule has 1 saturated heterocycles. The van der Waals surface area contributed by atoms with Crippen LogP contribution in [0.3, 0.4) is 0 Å². The van der Waals surface area contributed by atoms with E-state index in [4.69, 9.17) is 23.7 Å². The Morgan fingerprint density at radius 2 is 1.40 bits per heavy atom. The van der Waals surface area contributed by atoms with Gasteiger partial charge in [0.15, 0.2) is 11.5 Å². The van der Waals surface area contributed by atoms with E-state index in [1.165, 1.54) is 14.0 Å². The summed E-state index contributed by atoms with van der Waals surface area (Å²) in [6, 6.07) is 17.4. The number of allylic oxidation sites excluding steroid dienone is 2. The highest BCUT2D eigenvalue weighted by molar-refractivity contribution is 5.96. The van der Waals surface area contributed by atoms with Gasteiger partial charge in [-0.2, -0.15) is 0 Å². The summed E-state index contributed by atoms with van der Waals surface area (Å²) in [5, 5.41) is 0. The molecule has 10 heteroatoms. The lowest BCUT2D eigenvalue weighted by Crippen LogP contribution is -2.75. The molecular weight excluding hydrogens is 725 g/mol. The van der Waals surface area contributed by atoms with Gasteiger partial charge in [0.2, 0.25) is 0 Å². The molecule has 57 heavy (non-hydrogen) atoms. The van der Waals surface area contributed by atoms with Crippen molar-refractivity contribution in [1.82, 2.24) is 0 Å². The van der Waals surface area contributed by atoms with Crippen molar-refractivity contribution in [2.45, 2.75) is 111 Å². The van der Waals surface area contributed by atoms with Crippen LogP contribution < -0.4 is 0 Å². The van der Waals surface area contributed by atoms with Crippen LogP contribution in [-0.2, 0) is 38.1 Å². The molecule has 0 amide bonds. The molecule has 0 radical (unpaired) electrons. The molecule has 302 valence electrons. The first-order chi connectivity index (χ1) is 26.8. The molecule has 0 aromatic heterocycles. The second-order valence-corrected chi connectivity index (χ2v) is 18.8. The van der Waals surface area contributed by atoms with Crippen LogP contribution in [0.4, 0.5) is 0 Å². The number of rotatable bonds is 6. The fraction of sp³-hybridized carbons (Fsp3) is 0.553. The summed E-state index contributed by atoms with van der Waals surface area (Å²) < 4.78 is 32.4. The van der Waals surface area contributed by atoms with Gasteiger partial charge in [-0.3, -0.25) is 14.4 Å². The number of esters is 4. The molecule has 1 aliphatic heterocycles. The summed E-state index contributed by atoms with van der Waals surface area (Å²) in [4.78, 5) is 70.0. The lowest BCUT2D eigenvalue weighted by Gasteiger charge is -2.69. The Bertz CT molecular complexity index is 2120. The third kappa shape index (κ3) is 5.03. The number of carbonyl (C=O) groups is 5. The minimum Gasteiger partial charge on any atom is -0.493 e. The third-order valence-electron chi connectivity index (χ3n) is 16.0. The maximum atomic E-state index is 14.7. The SMILES string of the molecule is COC1=C(C)[C@@]2(C)C[C@@H](OC(C)=O)[C@H]3[C@@](C)(C[C@H](C)[C@@]34C(C)=C[C@@H](OC(=O)c3ccccc3)[C@@]3(C)[C@@H](OC(=O)c5ccccc5)C[C@]5(C)C[C@]34OC5=O)[C@@H]2CC1=O. The van der Waals surface area contributed by atoms with E-state index in [0.29, 0.717) is 29.7 Å². The molecule has 12 atom stereocenters. The molecule has 8 rings (SSSR count). The number of Topliss-reactive ketones (excluding diaryl/α,β-unsaturated/α-hetero) is 1. The zero-order chi connectivity index (χ0) is 41.1. The van der Waals surface area contributed by atoms with Gasteiger partial charge < -0.3 is 23.7 Å². The fourth-order valence-electron chi connectivity index (χ4n) is 13.8. The van der Waals surface area contributed by atoms with Gasteiger partial charge in [0.05, 0.1) is 29.1 Å². The maximum absolute atomic E-state index is 14.7. The van der Waals surface area contributed by atoms with E-state index in [-0.39, 0.29) is 36.9 Å². The van der Waals surface area contributed by atoms with E-state index in [1.807, 2.05) is 45.9 Å². The van der Waals surface area contributed by atoms with Gasteiger partial charge in [-0.05, 0) is 99.1 Å². The van der Waals surface area contributed by atoms with E-state index in [2.05, 4.69) is 20.8 Å². The summed E-state index contributed by atoms with van der Waals surface area (Å²) in [5.74, 6) is -2.48. The summed E-state index contributed by atoms with van der Waals surface area (Å²) >= 11 is 0. The van der Waals surface area contributed by atoms with Crippen LogP contribution in [0.1, 0.15) is 108 Å². The number of methoxy groups -OCH3 is 1. The van der Waals surface area contributed by atoms with Gasteiger partial charge in [0, 0.05) is 37.5 Å². The zero-order valence-corrected chi connectivity index (χ0v) is 34.4. The van der Waals surface area contributed by atoms with E-state index < -0.39 is 80.8 Å². The van der Waals surface area contributed by atoms with Gasteiger partial charge in [-0.1, -0.05) is 62.7 Å². The van der Waals surface area contributed by atoms with Gasteiger partial charge in [0.1, 0.15) is 23.9 Å². The van der Waals surface area contributed by atoms with Crippen LogP contribution >= 0.6 is 0 Å². The van der Waals surface area contributed by atoms with Crippen LogP contribution in [-0.4, -0.2) is 60.7 Å². The normalized spacial score (nSPS) is 41.6. The Morgan fingerprint density at radius 3 is 1.98 bits per heavy atom. The number of carbonyl (C=O) groups excluding carboxylic acids is 5. The average molecular weight is 779 g/mol. The molecule has 3 saturated carbocycles. The molecule has 10 nitrogen and oxygen atoms in total. The summed E-state index contributed by atoms with van der Waals surface area (Å²) in [7, 11) is 1.52. The largest absolute Gasteiger partial charge is 0.493 e. The highest BCUT2D eigenvalue weighted by Gasteiger charge is 2.87. The Balaban J connectivity index is 1.38. The number of ether oxygens (including phenoxy) is 5. The summed E-state index contributed by atoms with van der Waals surface area (Å²) in [6.45, 7) is 15.8. The van der Waals surface area contributed by atoms with Crippen LogP contribution in [0, 0.1) is 44.8 Å². The van der Waals surface area contributed by atoms with Crippen molar-refractivity contribution in [3.05, 3.63) is 94.8 Å². The first-order valence-corrected chi connectivity index (χ1v) is 20.2. The second kappa shape index (κ2) is 12.9. The van der Waals surface area contributed by atoms with Gasteiger partial charge >= 0.3 is 23.9 Å². The van der Waals surface area contributed by atoms with Gasteiger partial charge in [-0.25, -0.2) is 9.59 Å². The predicted molar refractivity (Wildman–Crippen MR) is 208 cm³/mol. The topological polar surface area (TPSA) is 132 Å². The second-order valence-electron chi connectivity index (χ2n) is 18.8. The lowest BCUT2D eigenvalue weighted by molar-refractivity contribution is -0.272. The van der Waals surface area contributed by atoms with Gasteiger partial charge in [0.25, 0.3) is 0 Å². The maximum Gasteiger partial charge on any atom is 0.338 e. The first kappa shape index (κ1) is 39.1. The Hall–Kier alpha value is -4.73. The average Bonchev–Trinajstić information content (AvgIpc) is 3.56. The van der Waals surface area contributed by atoms with E-state index in [9.17, 15) is 24.0 Å². The minimum atomic E-state index is -1.42. The molecule has 0 unspecified atom stereocenters. The first-order valence-electron chi connectivity index (χ1n) is 20.2. The summed E-state index contributed by atoms with van der Waals surface area (Å²) in [6.07, 6.45) is 1.07. The third-order valence-corrected chi connectivity index (χ3v) is 16.0. The van der Waals surface area contributed by atoms with Crippen molar-refractivity contribution in [2.24, 2.45) is 44.8 Å². The van der Waals surface area contributed by atoms with Crippen LogP contribution in [0.15, 0.2) is 83.6 Å². The van der Waals surface area contributed by atoms with Crippen LogP contribution in [0.2, 0.25) is 0 Å². The van der Waals surface area contributed by atoms with E-state index >= 15 is 0 Å². The molecule has 2 spiro atoms. The van der Waals surface area contributed by atoms with Crippen LogP contribution in [0.25, 0.3) is 0 Å². The quantitative estimate of drug-likeness (QED) is 0.162. The van der Waals surface area contributed by atoms with E-state index in [1.54, 1.807) is 48.5 Å². The smallest absolute Gasteiger partial charge is 0.338 e. The monoisotopic (exact) mass is 778 g/mol. The molecule has 2 aromatic rings. The Labute approximate surface area is 334 Å². The van der Waals surface area contributed by atoms with Crippen LogP contribution in [0.5, 0.6) is 0 Å². The molecule has 4 fully saturated rings. The fourth-order valence-corrected chi connectivity index (χ4v) is 13.8. The number of fused-ring (bicyclic) bond motifs is 5.